The molecule has 1 aliphatic rings. The summed E-state index contributed by atoms with van der Waals surface area (Å²) >= 11 is 0. The summed E-state index contributed by atoms with van der Waals surface area (Å²) in [5, 5.41) is 14.2. The predicted molar refractivity (Wildman–Crippen MR) is 140 cm³/mol. The molecule has 0 aliphatic carbocycles. The van der Waals surface area contributed by atoms with E-state index in [4.69, 9.17) is 0 Å². The maximum absolute atomic E-state index is 15.0. The second-order valence-electron chi connectivity index (χ2n) is 9.54. The Morgan fingerprint density at radius 3 is 2.32 bits per heavy atom. The standard InChI is InChI=1S/C30H25FN2O4/c1-17(2)27(30(36)37)33-16-23-10-8-20(14-24(23)29(33)35)21-11-12-26(25(31)15-21)32-28(34)22-9-7-18-5-3-4-6-19(18)13-22/h3-15,17,27H,16H2,1-2H3,(H,32,34)(H,36,37)/t27-/m0/s1. The minimum Gasteiger partial charge on any atom is -0.480 e. The normalized spacial score (nSPS) is 13.6. The summed E-state index contributed by atoms with van der Waals surface area (Å²) < 4.78 is 15.0. The van der Waals surface area contributed by atoms with E-state index < -0.39 is 23.7 Å². The lowest BCUT2D eigenvalue weighted by Gasteiger charge is -2.27. The predicted octanol–water partition coefficient (Wildman–Crippen LogP) is 5.96. The van der Waals surface area contributed by atoms with E-state index in [0.717, 1.165) is 16.3 Å². The molecular weight excluding hydrogens is 471 g/mol. The lowest BCUT2D eigenvalue weighted by molar-refractivity contribution is -0.144. The molecule has 7 heteroatoms. The van der Waals surface area contributed by atoms with E-state index >= 15 is 4.39 Å². The zero-order valence-corrected chi connectivity index (χ0v) is 20.4. The fraction of sp³-hybridized carbons (Fsp3) is 0.167. The van der Waals surface area contributed by atoms with Gasteiger partial charge in [0.05, 0.1) is 5.69 Å². The molecule has 4 aromatic carbocycles. The van der Waals surface area contributed by atoms with Gasteiger partial charge in [0, 0.05) is 17.7 Å². The first kappa shape index (κ1) is 24.2. The summed E-state index contributed by atoms with van der Waals surface area (Å²) in [5.74, 6) is -2.66. The third-order valence-electron chi connectivity index (χ3n) is 6.72. The Kier molecular flexibility index (Phi) is 6.21. The summed E-state index contributed by atoms with van der Waals surface area (Å²) in [6.45, 7) is 3.75. The Bertz CT molecular complexity index is 1560. The Morgan fingerprint density at radius 1 is 0.919 bits per heavy atom. The molecule has 1 heterocycles. The van der Waals surface area contributed by atoms with Gasteiger partial charge in [0.25, 0.3) is 11.8 Å². The van der Waals surface area contributed by atoms with Gasteiger partial charge in [0.1, 0.15) is 11.9 Å². The van der Waals surface area contributed by atoms with Gasteiger partial charge in [-0.25, -0.2) is 9.18 Å². The number of benzene rings is 4. The largest absolute Gasteiger partial charge is 0.480 e. The van der Waals surface area contributed by atoms with Crippen LogP contribution in [0, 0.1) is 11.7 Å². The Balaban J connectivity index is 1.36. The second-order valence-corrected chi connectivity index (χ2v) is 9.54. The SMILES string of the molecule is CC(C)[C@@H](C(=O)O)N1Cc2ccc(-c3ccc(NC(=O)c4ccc5ccccc5c4)c(F)c3)cc2C1=O. The molecular formula is C30H25FN2O4. The molecule has 4 aromatic rings. The van der Waals surface area contributed by atoms with Crippen LogP contribution in [0.3, 0.4) is 0 Å². The van der Waals surface area contributed by atoms with E-state index in [9.17, 15) is 19.5 Å². The fourth-order valence-electron chi connectivity index (χ4n) is 4.83. The zero-order chi connectivity index (χ0) is 26.3. The molecule has 37 heavy (non-hydrogen) atoms. The number of fused-ring (bicyclic) bond motifs is 2. The van der Waals surface area contributed by atoms with Gasteiger partial charge in [-0.05, 0) is 63.7 Å². The van der Waals surface area contributed by atoms with Gasteiger partial charge in [-0.15, -0.1) is 0 Å². The first-order chi connectivity index (χ1) is 17.7. The molecule has 2 N–H and O–H groups in total. The van der Waals surface area contributed by atoms with Gasteiger partial charge in [0.15, 0.2) is 0 Å². The van der Waals surface area contributed by atoms with Crippen LogP contribution >= 0.6 is 0 Å². The van der Waals surface area contributed by atoms with Gasteiger partial charge in [0.2, 0.25) is 0 Å². The fourth-order valence-corrected chi connectivity index (χ4v) is 4.83. The van der Waals surface area contributed by atoms with Crippen molar-refractivity contribution in [3.63, 3.8) is 0 Å². The number of rotatable bonds is 6. The minimum atomic E-state index is -1.04. The Labute approximate surface area is 213 Å². The number of aliphatic carboxylic acids is 1. The number of amides is 2. The average molecular weight is 497 g/mol. The van der Waals surface area contributed by atoms with Crippen molar-refractivity contribution >= 4 is 34.2 Å². The molecule has 5 rings (SSSR count). The first-order valence-corrected chi connectivity index (χ1v) is 12.0. The molecule has 0 saturated heterocycles. The average Bonchev–Trinajstić information content (AvgIpc) is 3.19. The molecule has 0 radical (unpaired) electrons. The van der Waals surface area contributed by atoms with E-state index in [1.807, 2.05) is 30.3 Å². The van der Waals surface area contributed by atoms with Crippen LogP contribution < -0.4 is 5.32 Å². The van der Waals surface area contributed by atoms with Gasteiger partial charge in [-0.3, -0.25) is 9.59 Å². The number of hydrogen-bond donors (Lipinski definition) is 2. The molecule has 0 bridgehead atoms. The molecule has 186 valence electrons. The topological polar surface area (TPSA) is 86.7 Å². The van der Waals surface area contributed by atoms with Crippen LogP contribution in [0.4, 0.5) is 10.1 Å². The number of carboxylic acid groups (broad SMARTS) is 1. The maximum atomic E-state index is 15.0. The number of nitrogens with zero attached hydrogens (tertiary/aromatic N) is 1. The van der Waals surface area contributed by atoms with Crippen molar-refractivity contribution in [1.82, 2.24) is 4.90 Å². The second kappa shape index (κ2) is 9.50. The van der Waals surface area contributed by atoms with Crippen LogP contribution in [0.2, 0.25) is 0 Å². The van der Waals surface area contributed by atoms with Crippen molar-refractivity contribution in [1.29, 1.82) is 0 Å². The van der Waals surface area contributed by atoms with Crippen molar-refractivity contribution in [2.45, 2.75) is 26.4 Å². The van der Waals surface area contributed by atoms with Crippen LogP contribution in [0.15, 0.2) is 78.9 Å². The van der Waals surface area contributed by atoms with Crippen LogP contribution in [-0.2, 0) is 11.3 Å². The number of carboxylic acids is 1. The maximum Gasteiger partial charge on any atom is 0.326 e. The number of carbonyl (C=O) groups is 3. The molecule has 0 aromatic heterocycles. The summed E-state index contributed by atoms with van der Waals surface area (Å²) in [6, 6.07) is 21.7. The molecule has 2 amide bonds. The van der Waals surface area contributed by atoms with Gasteiger partial charge >= 0.3 is 5.97 Å². The van der Waals surface area contributed by atoms with Crippen molar-refractivity contribution < 1.29 is 23.9 Å². The Morgan fingerprint density at radius 2 is 1.62 bits per heavy atom. The van der Waals surface area contributed by atoms with E-state index in [2.05, 4.69) is 5.32 Å². The number of hydrogen-bond acceptors (Lipinski definition) is 3. The summed E-state index contributed by atoms with van der Waals surface area (Å²) in [5.41, 5.74) is 2.78. The van der Waals surface area contributed by atoms with Gasteiger partial charge in [-0.2, -0.15) is 0 Å². The highest BCUT2D eigenvalue weighted by atomic mass is 19.1. The van der Waals surface area contributed by atoms with Crippen LogP contribution in [0.25, 0.3) is 21.9 Å². The zero-order valence-electron chi connectivity index (χ0n) is 20.4. The van der Waals surface area contributed by atoms with Crippen molar-refractivity contribution in [2.75, 3.05) is 5.32 Å². The third kappa shape index (κ3) is 4.56. The van der Waals surface area contributed by atoms with E-state index in [1.165, 1.54) is 17.0 Å². The molecule has 6 nitrogen and oxygen atoms in total. The molecule has 0 spiro atoms. The van der Waals surface area contributed by atoms with E-state index in [1.54, 1.807) is 50.2 Å². The van der Waals surface area contributed by atoms with E-state index in [0.29, 0.717) is 22.3 Å². The lowest BCUT2D eigenvalue weighted by Crippen LogP contribution is -2.44. The highest BCUT2D eigenvalue weighted by Gasteiger charge is 2.38. The Hall–Kier alpha value is -4.52. The first-order valence-electron chi connectivity index (χ1n) is 12.0. The highest BCUT2D eigenvalue weighted by Crippen LogP contribution is 2.32. The van der Waals surface area contributed by atoms with Crippen LogP contribution in [0.5, 0.6) is 0 Å². The molecule has 0 fully saturated rings. The van der Waals surface area contributed by atoms with E-state index in [-0.39, 0.29) is 24.1 Å². The van der Waals surface area contributed by atoms with Gasteiger partial charge < -0.3 is 15.3 Å². The lowest BCUT2D eigenvalue weighted by atomic mass is 10.00. The number of carbonyl (C=O) groups excluding carboxylic acids is 2. The molecule has 1 aliphatic heterocycles. The molecule has 0 saturated carbocycles. The summed E-state index contributed by atoms with van der Waals surface area (Å²) in [6.07, 6.45) is 0. The minimum absolute atomic E-state index is 0.0477. The van der Waals surface area contributed by atoms with Gasteiger partial charge in [-0.1, -0.05) is 62.4 Å². The van der Waals surface area contributed by atoms with Crippen molar-refractivity contribution in [3.8, 4) is 11.1 Å². The van der Waals surface area contributed by atoms with Crippen molar-refractivity contribution in [2.24, 2.45) is 5.92 Å². The quantitative estimate of drug-likeness (QED) is 0.345. The van der Waals surface area contributed by atoms with Crippen LogP contribution in [0.1, 0.15) is 40.1 Å². The summed E-state index contributed by atoms with van der Waals surface area (Å²) in [4.78, 5) is 38.9. The number of halogens is 1. The molecule has 0 unspecified atom stereocenters. The summed E-state index contributed by atoms with van der Waals surface area (Å²) in [7, 11) is 0. The van der Waals surface area contributed by atoms with Crippen molar-refractivity contribution in [3.05, 3.63) is 101 Å². The number of anilines is 1. The smallest absolute Gasteiger partial charge is 0.326 e. The van der Waals surface area contributed by atoms with Crippen LogP contribution in [-0.4, -0.2) is 33.8 Å². The monoisotopic (exact) mass is 496 g/mol. The third-order valence-corrected chi connectivity index (χ3v) is 6.72. The highest BCUT2D eigenvalue weighted by molar-refractivity contribution is 6.06. The number of nitrogens with one attached hydrogen (secondary N) is 1. The molecule has 1 atom stereocenters.